The summed E-state index contributed by atoms with van der Waals surface area (Å²) in [5, 5.41) is 19.2. The molecule has 1 rings (SSSR count). The van der Waals surface area contributed by atoms with Crippen LogP contribution in [0.15, 0.2) is 18.3 Å². The molecule has 17 heavy (non-hydrogen) atoms. The number of aliphatic carboxylic acids is 1. The largest absolute Gasteiger partial charge is 0.481 e. The van der Waals surface area contributed by atoms with E-state index in [1.54, 1.807) is 18.3 Å². The van der Waals surface area contributed by atoms with Crippen LogP contribution in [-0.4, -0.2) is 21.2 Å². The van der Waals surface area contributed by atoms with E-state index in [4.69, 9.17) is 5.11 Å². The first kappa shape index (κ1) is 13.6. The van der Waals surface area contributed by atoms with Gasteiger partial charge in [0.25, 0.3) is 0 Å². The summed E-state index contributed by atoms with van der Waals surface area (Å²) in [5.74, 6) is -1.70. The van der Waals surface area contributed by atoms with Gasteiger partial charge in [0.2, 0.25) is 0 Å². The number of rotatable bonds is 6. The molecule has 0 aliphatic carbocycles. The van der Waals surface area contributed by atoms with Gasteiger partial charge in [-0.25, -0.2) is 0 Å². The zero-order valence-electron chi connectivity index (χ0n) is 10.3. The number of hydrogen-bond donors (Lipinski definition) is 2. The van der Waals surface area contributed by atoms with E-state index in [-0.39, 0.29) is 0 Å². The van der Waals surface area contributed by atoms with Gasteiger partial charge in [0.05, 0.1) is 12.0 Å². The van der Waals surface area contributed by atoms with Crippen LogP contribution in [0.5, 0.6) is 0 Å². The first-order valence-corrected chi connectivity index (χ1v) is 5.89. The van der Waals surface area contributed by atoms with E-state index in [2.05, 4.69) is 4.98 Å². The molecule has 1 aromatic heterocycles. The fourth-order valence-corrected chi connectivity index (χ4v) is 1.73. The van der Waals surface area contributed by atoms with Crippen molar-refractivity contribution in [3.63, 3.8) is 0 Å². The van der Waals surface area contributed by atoms with Crippen LogP contribution in [0, 0.1) is 12.8 Å². The number of nitrogens with zero attached hydrogens (tertiary/aromatic N) is 1. The van der Waals surface area contributed by atoms with Crippen molar-refractivity contribution in [1.29, 1.82) is 0 Å². The van der Waals surface area contributed by atoms with E-state index in [1.807, 2.05) is 13.8 Å². The van der Waals surface area contributed by atoms with E-state index in [0.29, 0.717) is 12.0 Å². The van der Waals surface area contributed by atoms with Crippen LogP contribution >= 0.6 is 0 Å². The Morgan fingerprint density at radius 1 is 1.47 bits per heavy atom. The molecule has 0 saturated heterocycles. The van der Waals surface area contributed by atoms with E-state index in [0.717, 1.165) is 18.5 Å². The molecule has 1 heterocycles. The van der Waals surface area contributed by atoms with Gasteiger partial charge in [0.1, 0.15) is 0 Å². The highest BCUT2D eigenvalue weighted by molar-refractivity contribution is 5.71. The Balaban J connectivity index is 2.79. The first-order valence-electron chi connectivity index (χ1n) is 5.89. The molecule has 2 unspecified atom stereocenters. The van der Waals surface area contributed by atoms with Crippen molar-refractivity contribution in [1.82, 2.24) is 4.98 Å². The number of aromatic nitrogens is 1. The van der Waals surface area contributed by atoms with Crippen LogP contribution in [0.3, 0.4) is 0 Å². The van der Waals surface area contributed by atoms with Crippen molar-refractivity contribution in [2.24, 2.45) is 5.92 Å². The van der Waals surface area contributed by atoms with Crippen molar-refractivity contribution in [3.05, 3.63) is 29.6 Å². The van der Waals surface area contributed by atoms with Gasteiger partial charge in [-0.2, -0.15) is 0 Å². The van der Waals surface area contributed by atoms with Crippen molar-refractivity contribution in [2.75, 3.05) is 0 Å². The van der Waals surface area contributed by atoms with Crippen molar-refractivity contribution < 1.29 is 15.0 Å². The zero-order valence-corrected chi connectivity index (χ0v) is 10.3. The van der Waals surface area contributed by atoms with Crippen LogP contribution in [-0.2, 0) is 4.79 Å². The van der Waals surface area contributed by atoms with Gasteiger partial charge in [-0.3, -0.25) is 9.78 Å². The van der Waals surface area contributed by atoms with E-state index in [1.165, 1.54) is 0 Å². The molecule has 4 nitrogen and oxygen atoms in total. The molecule has 0 saturated carbocycles. The Morgan fingerprint density at radius 3 is 2.65 bits per heavy atom. The summed E-state index contributed by atoms with van der Waals surface area (Å²) >= 11 is 0. The molecule has 4 heteroatoms. The van der Waals surface area contributed by atoms with Crippen LogP contribution in [0.2, 0.25) is 0 Å². The summed E-state index contributed by atoms with van der Waals surface area (Å²) < 4.78 is 0. The van der Waals surface area contributed by atoms with Crippen molar-refractivity contribution >= 4 is 5.97 Å². The average Bonchev–Trinajstić information content (AvgIpc) is 2.29. The first-order chi connectivity index (χ1) is 8.06. The predicted molar refractivity (Wildman–Crippen MR) is 64.6 cm³/mol. The quantitative estimate of drug-likeness (QED) is 0.796. The monoisotopic (exact) mass is 237 g/mol. The molecule has 0 radical (unpaired) electrons. The Kier molecular flexibility index (Phi) is 5.10. The molecule has 0 amide bonds. The van der Waals surface area contributed by atoms with Crippen LogP contribution in [0.1, 0.15) is 43.5 Å². The smallest absolute Gasteiger partial charge is 0.309 e. The number of aryl methyl sites for hydroxylation is 1. The van der Waals surface area contributed by atoms with Crippen molar-refractivity contribution in [3.8, 4) is 0 Å². The van der Waals surface area contributed by atoms with Gasteiger partial charge >= 0.3 is 5.97 Å². The normalized spacial score (nSPS) is 14.3. The molecular weight excluding hydrogens is 218 g/mol. The van der Waals surface area contributed by atoms with E-state index in [9.17, 15) is 9.90 Å². The molecule has 0 aliphatic rings. The zero-order chi connectivity index (χ0) is 12.8. The molecular formula is C13H19NO3. The van der Waals surface area contributed by atoms with E-state index < -0.39 is 18.0 Å². The lowest BCUT2D eigenvalue weighted by Crippen LogP contribution is -2.22. The molecule has 0 spiro atoms. The standard InChI is InChI=1S/C13H19NO3/c1-3-4-5-11(13(16)17)12(15)10-7-6-9(2)14-8-10/h6-8,11-12,15H,3-5H2,1-2H3,(H,16,17). The lowest BCUT2D eigenvalue weighted by atomic mass is 9.92. The van der Waals surface area contributed by atoms with Crippen LogP contribution < -0.4 is 0 Å². The second-order valence-electron chi connectivity index (χ2n) is 4.26. The number of hydrogen-bond acceptors (Lipinski definition) is 3. The molecule has 2 atom stereocenters. The minimum absolute atomic E-state index is 0.487. The third-order valence-corrected chi connectivity index (χ3v) is 2.84. The fraction of sp³-hybridized carbons (Fsp3) is 0.538. The van der Waals surface area contributed by atoms with Gasteiger partial charge in [-0.15, -0.1) is 0 Å². The van der Waals surface area contributed by atoms with Crippen LogP contribution in [0.4, 0.5) is 0 Å². The highest BCUT2D eigenvalue weighted by Gasteiger charge is 2.27. The second-order valence-corrected chi connectivity index (χ2v) is 4.26. The number of aliphatic hydroxyl groups excluding tert-OH is 1. The Bertz CT molecular complexity index is 361. The topological polar surface area (TPSA) is 70.4 Å². The number of unbranched alkanes of at least 4 members (excludes halogenated alkanes) is 1. The molecule has 94 valence electrons. The molecule has 1 aromatic rings. The minimum atomic E-state index is -0.979. The lowest BCUT2D eigenvalue weighted by molar-refractivity contribution is -0.146. The predicted octanol–water partition coefficient (Wildman–Crippen LogP) is 2.31. The average molecular weight is 237 g/mol. The third-order valence-electron chi connectivity index (χ3n) is 2.84. The van der Waals surface area contributed by atoms with E-state index >= 15 is 0 Å². The van der Waals surface area contributed by atoms with Gasteiger partial charge in [0.15, 0.2) is 0 Å². The molecule has 0 aromatic carbocycles. The Labute approximate surface area is 101 Å². The number of aliphatic hydroxyl groups is 1. The summed E-state index contributed by atoms with van der Waals surface area (Å²) in [7, 11) is 0. The second kappa shape index (κ2) is 6.35. The van der Waals surface area contributed by atoms with Gasteiger partial charge in [-0.1, -0.05) is 25.8 Å². The number of carboxylic acid groups (broad SMARTS) is 1. The maximum Gasteiger partial charge on any atom is 0.309 e. The summed E-state index contributed by atoms with van der Waals surface area (Å²) in [5.41, 5.74) is 1.42. The summed E-state index contributed by atoms with van der Waals surface area (Å²) in [6, 6.07) is 3.51. The summed E-state index contributed by atoms with van der Waals surface area (Å²) in [6.07, 6.45) is 2.77. The molecule has 0 fully saturated rings. The number of carbonyl (C=O) groups is 1. The lowest BCUT2D eigenvalue weighted by Gasteiger charge is -2.19. The Morgan fingerprint density at radius 2 is 2.18 bits per heavy atom. The minimum Gasteiger partial charge on any atom is -0.481 e. The fourth-order valence-electron chi connectivity index (χ4n) is 1.73. The maximum atomic E-state index is 11.1. The molecule has 0 bridgehead atoms. The highest BCUT2D eigenvalue weighted by atomic mass is 16.4. The third kappa shape index (κ3) is 3.82. The molecule has 2 N–H and O–H groups in total. The maximum absolute atomic E-state index is 11.1. The van der Waals surface area contributed by atoms with Gasteiger partial charge in [0, 0.05) is 11.9 Å². The number of carboxylic acids is 1. The van der Waals surface area contributed by atoms with Crippen molar-refractivity contribution in [2.45, 2.75) is 39.2 Å². The van der Waals surface area contributed by atoms with Gasteiger partial charge < -0.3 is 10.2 Å². The highest BCUT2D eigenvalue weighted by Crippen LogP contribution is 2.26. The van der Waals surface area contributed by atoms with Crippen LogP contribution in [0.25, 0.3) is 0 Å². The molecule has 0 aliphatic heterocycles. The SMILES string of the molecule is CCCCC(C(=O)O)C(O)c1ccc(C)nc1. The Hall–Kier alpha value is -1.42. The summed E-state index contributed by atoms with van der Waals surface area (Å²) in [6.45, 7) is 3.85. The number of pyridine rings is 1. The summed E-state index contributed by atoms with van der Waals surface area (Å²) in [4.78, 5) is 15.2. The van der Waals surface area contributed by atoms with Gasteiger partial charge in [-0.05, 0) is 25.0 Å².